The number of halogens is 3. The van der Waals surface area contributed by atoms with Crippen LogP contribution in [0.1, 0.15) is 17.5 Å². The van der Waals surface area contributed by atoms with Crippen molar-refractivity contribution in [1.82, 2.24) is 9.88 Å². The number of pyridine rings is 1. The van der Waals surface area contributed by atoms with Crippen LogP contribution in [0, 0.1) is 11.3 Å². The fraction of sp³-hybridized carbons (Fsp3) is 0.250. The second-order valence-corrected chi connectivity index (χ2v) is 7.28. The van der Waals surface area contributed by atoms with Gasteiger partial charge in [0.15, 0.2) is 0 Å². The number of rotatable bonds is 1. The monoisotopic (exact) mass is 429 g/mol. The fourth-order valence-corrected chi connectivity index (χ4v) is 3.95. The van der Waals surface area contributed by atoms with Crippen molar-refractivity contribution in [2.24, 2.45) is 0 Å². The summed E-state index contributed by atoms with van der Waals surface area (Å²) in [6, 6.07) is 8.37. The molecule has 0 aliphatic carbocycles. The summed E-state index contributed by atoms with van der Waals surface area (Å²) < 4.78 is 38.5. The summed E-state index contributed by atoms with van der Waals surface area (Å²) in [5.74, 6) is -2.74. The number of nitriles is 1. The number of likely N-dealkylation sites (tertiary alicyclic amines) is 1. The quantitative estimate of drug-likeness (QED) is 0.674. The normalized spacial score (nSPS) is 22.1. The average Bonchev–Trinajstić information content (AvgIpc) is 3.26. The number of alkyl halides is 3. The molecule has 158 valence electrons. The lowest BCUT2D eigenvalue weighted by atomic mass is 9.80. The Balaban J connectivity index is 1.57. The van der Waals surface area contributed by atoms with Crippen LogP contribution in [0.2, 0.25) is 0 Å². The van der Waals surface area contributed by atoms with Gasteiger partial charge in [-0.3, -0.25) is 19.4 Å². The first kappa shape index (κ1) is 20.3. The summed E-state index contributed by atoms with van der Waals surface area (Å²) >= 11 is 0. The number of carbonyl (C=O) groups excluding carboxylic acids is 3. The molecule has 2 aliphatic rings. The summed E-state index contributed by atoms with van der Waals surface area (Å²) in [5.41, 5.74) is -1.40. The van der Waals surface area contributed by atoms with E-state index in [0.29, 0.717) is 23.5 Å². The molecule has 2 atom stereocenters. The van der Waals surface area contributed by atoms with E-state index in [1.54, 1.807) is 24.3 Å². The van der Waals surface area contributed by atoms with E-state index in [0.717, 1.165) is 11.1 Å². The van der Waals surface area contributed by atoms with E-state index in [9.17, 15) is 32.8 Å². The molecule has 3 heterocycles. The summed E-state index contributed by atoms with van der Waals surface area (Å²) in [7, 11) is 0. The average molecular weight is 429 g/mol. The first-order valence-electron chi connectivity index (χ1n) is 9.10. The van der Waals surface area contributed by atoms with Crippen LogP contribution in [-0.4, -0.2) is 40.2 Å². The number of fused-ring (bicyclic) bond motifs is 2. The number of benzene rings is 1. The minimum Gasteiger partial charge on any atom is -0.325 e. The molecule has 2 aromatic rings. The Morgan fingerprint density at radius 1 is 1.29 bits per heavy atom. The van der Waals surface area contributed by atoms with E-state index >= 15 is 0 Å². The largest absolute Gasteiger partial charge is 0.417 e. The van der Waals surface area contributed by atoms with E-state index < -0.39 is 35.0 Å². The van der Waals surface area contributed by atoms with E-state index in [1.165, 1.54) is 0 Å². The minimum atomic E-state index is -4.67. The highest BCUT2D eigenvalue weighted by molar-refractivity contribution is 6.39. The first-order valence-corrected chi connectivity index (χ1v) is 9.10. The van der Waals surface area contributed by atoms with Crippen molar-refractivity contribution in [1.29, 1.82) is 5.26 Å². The zero-order chi connectivity index (χ0) is 22.4. The maximum absolute atomic E-state index is 12.8. The van der Waals surface area contributed by atoms with E-state index in [4.69, 9.17) is 0 Å². The van der Waals surface area contributed by atoms with Crippen molar-refractivity contribution in [3.8, 4) is 6.07 Å². The van der Waals surface area contributed by atoms with Crippen molar-refractivity contribution in [3.63, 3.8) is 0 Å². The second kappa shape index (κ2) is 7.09. The molecule has 8 nitrogen and oxygen atoms in total. The van der Waals surface area contributed by atoms with Gasteiger partial charge in [0, 0.05) is 24.8 Å². The Hall–Kier alpha value is -3.94. The molecule has 2 aliphatic heterocycles. The lowest BCUT2D eigenvalue weighted by molar-refractivity contribution is -0.143. The maximum Gasteiger partial charge on any atom is 0.417 e. The topological polar surface area (TPSA) is 115 Å². The van der Waals surface area contributed by atoms with Crippen LogP contribution in [0.5, 0.6) is 0 Å². The van der Waals surface area contributed by atoms with Gasteiger partial charge in [-0.25, -0.2) is 0 Å². The van der Waals surface area contributed by atoms with Crippen molar-refractivity contribution >= 4 is 29.1 Å². The molecule has 1 fully saturated rings. The van der Waals surface area contributed by atoms with Crippen LogP contribution in [0.3, 0.4) is 0 Å². The van der Waals surface area contributed by atoms with Gasteiger partial charge in [0.05, 0.1) is 28.9 Å². The Kier molecular flexibility index (Phi) is 4.65. The van der Waals surface area contributed by atoms with Gasteiger partial charge in [0.2, 0.25) is 5.91 Å². The number of nitrogens with one attached hydrogen (secondary N) is 2. The molecule has 0 radical (unpaired) electrons. The van der Waals surface area contributed by atoms with Crippen LogP contribution in [-0.2, 0) is 26.0 Å². The molecule has 4 rings (SSSR count). The molecule has 1 aromatic heterocycles. The smallest absolute Gasteiger partial charge is 0.325 e. The van der Waals surface area contributed by atoms with Crippen LogP contribution in [0.4, 0.5) is 24.5 Å². The fourth-order valence-electron chi connectivity index (χ4n) is 3.95. The predicted octanol–water partition coefficient (Wildman–Crippen LogP) is 2.05. The standard InChI is InChI=1S/C20H14F3N5O3/c21-20(22,23)11-5-12(9-25-8-11)26-16(29)17(30)28-10-19(6-13(28)7-24)14-3-1-2-4-15(14)27-18(19)31/h1-5,8-9,13H,6,10H2,(H,26,29)(H,27,31)/t13-,19-/m0/s1. The number of hydrogen-bond donors (Lipinski definition) is 2. The van der Waals surface area contributed by atoms with Crippen LogP contribution in [0.25, 0.3) is 0 Å². The molecule has 0 bridgehead atoms. The van der Waals surface area contributed by atoms with Crippen LogP contribution < -0.4 is 10.6 Å². The summed E-state index contributed by atoms with van der Waals surface area (Å²) in [5, 5.41) is 14.3. The summed E-state index contributed by atoms with van der Waals surface area (Å²) in [4.78, 5) is 42.3. The van der Waals surface area contributed by atoms with Crippen molar-refractivity contribution < 1.29 is 27.6 Å². The molecule has 0 saturated carbocycles. The van der Waals surface area contributed by atoms with Crippen LogP contribution in [0.15, 0.2) is 42.7 Å². The lowest BCUT2D eigenvalue weighted by Gasteiger charge is -2.22. The zero-order valence-corrected chi connectivity index (χ0v) is 15.7. The third kappa shape index (κ3) is 3.35. The Morgan fingerprint density at radius 2 is 2.03 bits per heavy atom. The van der Waals surface area contributed by atoms with Gasteiger partial charge in [0.1, 0.15) is 6.04 Å². The SMILES string of the molecule is N#C[C@@H]1C[C@@]2(CN1C(=O)C(=O)Nc1cncc(C(F)(F)F)c1)C(=O)Nc1ccccc12. The Morgan fingerprint density at radius 3 is 2.74 bits per heavy atom. The number of hydrogen-bond acceptors (Lipinski definition) is 5. The molecule has 1 aromatic carbocycles. The highest BCUT2D eigenvalue weighted by Crippen LogP contribution is 2.46. The molecule has 1 saturated heterocycles. The van der Waals surface area contributed by atoms with Gasteiger partial charge in [-0.1, -0.05) is 18.2 Å². The van der Waals surface area contributed by atoms with Crippen molar-refractivity contribution in [2.45, 2.75) is 24.1 Å². The van der Waals surface area contributed by atoms with Gasteiger partial charge >= 0.3 is 18.0 Å². The maximum atomic E-state index is 12.8. The molecular weight excluding hydrogens is 415 g/mol. The highest BCUT2D eigenvalue weighted by Gasteiger charge is 2.56. The number of amides is 3. The van der Waals surface area contributed by atoms with Gasteiger partial charge < -0.3 is 15.5 Å². The molecule has 2 N–H and O–H groups in total. The molecule has 1 spiro atoms. The first-order chi connectivity index (χ1) is 14.7. The number of nitrogens with zero attached hydrogens (tertiary/aromatic N) is 3. The summed E-state index contributed by atoms with van der Waals surface area (Å²) in [6.45, 7) is -0.207. The van der Waals surface area contributed by atoms with Crippen molar-refractivity contribution in [2.75, 3.05) is 17.2 Å². The molecule has 0 unspecified atom stereocenters. The van der Waals surface area contributed by atoms with Gasteiger partial charge in [0.25, 0.3) is 0 Å². The third-order valence-electron chi connectivity index (χ3n) is 5.41. The highest BCUT2D eigenvalue weighted by atomic mass is 19.4. The Bertz CT molecular complexity index is 1140. The second-order valence-electron chi connectivity index (χ2n) is 7.28. The molecular formula is C20H14F3N5O3. The Labute approximate surface area is 173 Å². The summed E-state index contributed by atoms with van der Waals surface area (Å²) in [6.07, 6.45) is -3.12. The number of carbonyl (C=O) groups is 3. The number of anilines is 2. The third-order valence-corrected chi connectivity index (χ3v) is 5.41. The van der Waals surface area contributed by atoms with Crippen LogP contribution >= 0.6 is 0 Å². The molecule has 31 heavy (non-hydrogen) atoms. The number of para-hydroxylation sites is 1. The number of aromatic nitrogens is 1. The van der Waals surface area contributed by atoms with E-state index in [2.05, 4.69) is 15.6 Å². The van der Waals surface area contributed by atoms with Crippen molar-refractivity contribution in [3.05, 3.63) is 53.9 Å². The molecule has 11 heteroatoms. The predicted molar refractivity (Wildman–Crippen MR) is 100 cm³/mol. The van der Waals surface area contributed by atoms with Gasteiger partial charge in [-0.15, -0.1) is 0 Å². The van der Waals surface area contributed by atoms with E-state index in [1.807, 2.05) is 6.07 Å². The minimum absolute atomic E-state index is 0.00349. The van der Waals surface area contributed by atoms with E-state index in [-0.39, 0.29) is 24.6 Å². The van der Waals surface area contributed by atoms with Gasteiger partial charge in [-0.2, -0.15) is 18.4 Å². The van der Waals surface area contributed by atoms with Gasteiger partial charge in [-0.05, 0) is 17.7 Å². The lowest BCUT2D eigenvalue weighted by Crippen LogP contribution is -2.44. The zero-order valence-electron chi connectivity index (χ0n) is 15.7. The molecule has 3 amide bonds.